The minimum atomic E-state index is -3.85. The third-order valence-corrected chi connectivity index (χ3v) is 239. The molecular formula is H6Cl16Si10. The van der Waals surface area contributed by atoms with Gasteiger partial charge in [0.15, 0.2) is 28.6 Å². The van der Waals surface area contributed by atoms with Crippen LogP contribution in [0.2, 0.25) is 0 Å². The van der Waals surface area contributed by atoms with Gasteiger partial charge in [-0.05, 0) is 0 Å². The van der Waals surface area contributed by atoms with Gasteiger partial charge in [0.1, 0.15) is 7.14 Å². The second kappa shape index (κ2) is 12.7. The van der Waals surface area contributed by atoms with E-state index in [4.69, 9.17) is 177 Å². The van der Waals surface area contributed by atoms with E-state index in [1.807, 2.05) is 0 Å². The van der Waals surface area contributed by atoms with Gasteiger partial charge in [-0.25, -0.2) is 0 Å². The van der Waals surface area contributed by atoms with Crippen LogP contribution in [0, 0.1) is 0 Å². The van der Waals surface area contributed by atoms with Crippen LogP contribution < -0.4 is 0 Å². The Kier molecular flexibility index (Phi) is 16.0. The molecule has 158 valence electrons. The van der Waals surface area contributed by atoms with Crippen LogP contribution in [0.4, 0.5) is 0 Å². The topological polar surface area (TPSA) is 0 Å². The van der Waals surface area contributed by atoms with Crippen LogP contribution >= 0.6 is 177 Å². The number of rotatable bonds is 9. The Morgan fingerprint density at radius 1 is 0.423 bits per heavy atom. The van der Waals surface area contributed by atoms with Crippen LogP contribution in [0.3, 0.4) is 0 Å². The van der Waals surface area contributed by atoms with Crippen LogP contribution in [0.1, 0.15) is 0 Å². The first-order valence-corrected chi connectivity index (χ1v) is 53.4. The quantitative estimate of drug-likeness (QED) is 0.209. The molecule has 0 aliphatic rings. The van der Waals surface area contributed by atoms with Gasteiger partial charge in [0.05, 0.1) is 0 Å². The molecule has 0 nitrogen and oxygen atoms in total. The van der Waals surface area contributed by atoms with Gasteiger partial charge in [-0.1, -0.05) is 0 Å². The molecule has 0 heterocycles. The second-order valence-electron chi connectivity index (χ2n) is 4.78. The Morgan fingerprint density at radius 2 is 0.769 bits per heavy atom. The lowest BCUT2D eigenvalue weighted by atomic mass is 26.0. The molecule has 0 amide bonds. The maximum absolute atomic E-state index is 6.64. The fourth-order valence-electron chi connectivity index (χ4n) is 1.41. The van der Waals surface area contributed by atoms with E-state index >= 15 is 0 Å². The summed E-state index contributed by atoms with van der Waals surface area (Å²) in [4.78, 5) is 0. The maximum atomic E-state index is 6.64. The van der Waals surface area contributed by atoms with Gasteiger partial charge in [0.25, 0.3) is 11.5 Å². The predicted octanol–water partition coefficient (Wildman–Crippen LogP) is 5.62. The van der Waals surface area contributed by atoms with E-state index in [0.717, 1.165) is 0 Å². The molecule has 0 rings (SSSR count). The summed E-state index contributed by atoms with van der Waals surface area (Å²) >= 11 is 102. The van der Waals surface area contributed by atoms with Crippen molar-refractivity contribution in [2.24, 2.45) is 0 Å². The van der Waals surface area contributed by atoms with Gasteiger partial charge in [-0.2, -0.15) is 77.6 Å². The molecule has 0 aromatic rings. The lowest BCUT2D eigenvalue weighted by Gasteiger charge is -2.40. The smallest absolute Gasteiger partial charge is 0.177 e. The molecule has 0 spiro atoms. The normalized spacial score (nSPS) is 20.7. The average Bonchev–Trinajstić information content (AvgIpc) is 2.49. The first-order chi connectivity index (χ1) is 11.2. The molecule has 0 aliphatic heterocycles. The van der Waals surface area contributed by atoms with Crippen molar-refractivity contribution < 1.29 is 0 Å². The zero-order valence-corrected chi connectivity index (χ0v) is 34.5. The van der Waals surface area contributed by atoms with Crippen LogP contribution in [-0.4, -0.2) is 65.3 Å². The molecule has 5 atom stereocenters. The molecule has 0 saturated heterocycles. The van der Waals surface area contributed by atoms with Crippen LogP contribution in [0.15, 0.2) is 0 Å². The van der Waals surface area contributed by atoms with Gasteiger partial charge in [-0.3, -0.25) is 0 Å². The Hall–Kier alpha value is 6.81. The molecule has 5 unspecified atom stereocenters. The van der Waals surface area contributed by atoms with Crippen molar-refractivity contribution in [2.45, 2.75) is 0 Å². The van der Waals surface area contributed by atoms with Crippen molar-refractivity contribution in [1.82, 2.24) is 0 Å². The fraction of sp³-hybridized carbons (Fsp3) is 0. The standard InChI is InChI=1S/Cl16H6Si10/c1-17(2)18(3)19(4)20(5)21(6)22(7)24(11,12)26(15,16)25(13,14)23(8,9)10/h17-22H. The third kappa shape index (κ3) is 7.65. The molecule has 0 radical (unpaired) electrons. The monoisotopic (exact) mass is 845 g/mol. The Labute approximate surface area is 238 Å². The zero-order chi connectivity index (χ0) is 21.5. The first kappa shape index (κ1) is 32.8. The minimum absolute atomic E-state index is 2.02. The molecule has 0 fully saturated rings. The van der Waals surface area contributed by atoms with Crippen molar-refractivity contribution in [2.75, 3.05) is 0 Å². The second-order valence-corrected chi connectivity index (χ2v) is 129. The Bertz CT molecular complexity index is 454. The summed E-state index contributed by atoms with van der Waals surface area (Å²) in [5.41, 5.74) is -15.0. The molecule has 0 aliphatic carbocycles. The lowest BCUT2D eigenvalue weighted by Crippen LogP contribution is -2.76. The van der Waals surface area contributed by atoms with Crippen LogP contribution in [0.5, 0.6) is 0 Å². The molecule has 0 aromatic heterocycles. The molecule has 26 heteroatoms. The summed E-state index contributed by atoms with van der Waals surface area (Å²) in [6.07, 6.45) is 0. The van der Waals surface area contributed by atoms with Gasteiger partial charge in [-0.15, -0.1) is 99.7 Å². The summed E-state index contributed by atoms with van der Waals surface area (Å²) in [6.45, 7) is -2.09. The molecule has 0 bridgehead atoms. The van der Waals surface area contributed by atoms with E-state index < -0.39 is 65.3 Å². The van der Waals surface area contributed by atoms with E-state index in [-0.39, 0.29) is 0 Å². The van der Waals surface area contributed by atoms with E-state index in [1.165, 1.54) is 0 Å². The maximum Gasteiger partial charge on any atom is 0.358 e. The van der Waals surface area contributed by atoms with Gasteiger partial charge >= 0.3 is 11.2 Å². The average molecular weight is 854 g/mol. The van der Waals surface area contributed by atoms with Crippen LogP contribution in [0.25, 0.3) is 0 Å². The fourth-order valence-corrected chi connectivity index (χ4v) is 343. The van der Waals surface area contributed by atoms with Gasteiger partial charge in [0.2, 0.25) is 6.93 Å². The number of hydrogen-bond acceptors (Lipinski definition) is 0. The van der Waals surface area contributed by atoms with Crippen molar-refractivity contribution >= 4 is 243 Å². The third-order valence-electron chi connectivity index (χ3n) is 2.95. The SMILES string of the molecule is Cl[SiH](Cl)[SiH](Cl)[SiH](Cl)[SiH](Cl)[SiH](Cl)[SiH](Cl)[Si](Cl)(Cl)[Si](Cl)(Cl)[Si](Cl)(Cl)[Si](Cl)(Cl)Cl. The summed E-state index contributed by atoms with van der Waals surface area (Å²) in [5.74, 6) is 0. The van der Waals surface area contributed by atoms with E-state index in [0.29, 0.717) is 0 Å². The van der Waals surface area contributed by atoms with E-state index in [1.54, 1.807) is 0 Å². The molecular weight excluding hydrogens is 848 g/mol. The highest BCUT2D eigenvalue weighted by Crippen LogP contribution is 2.53. The van der Waals surface area contributed by atoms with Crippen LogP contribution in [-0.2, 0) is 0 Å². The van der Waals surface area contributed by atoms with E-state index in [2.05, 4.69) is 0 Å². The predicted molar refractivity (Wildman–Crippen MR) is 160 cm³/mol. The Balaban J connectivity index is 5.72. The lowest BCUT2D eigenvalue weighted by molar-refractivity contribution is 3.20. The van der Waals surface area contributed by atoms with Crippen molar-refractivity contribution in [3.05, 3.63) is 0 Å². The molecule has 0 aromatic carbocycles. The number of halogens is 16. The Morgan fingerprint density at radius 3 is 1.08 bits per heavy atom. The number of hydrogen-bond donors (Lipinski definition) is 0. The molecule has 26 heavy (non-hydrogen) atoms. The minimum Gasteiger partial charge on any atom is -0.177 e. The largest absolute Gasteiger partial charge is 0.358 e. The van der Waals surface area contributed by atoms with E-state index in [9.17, 15) is 0 Å². The van der Waals surface area contributed by atoms with Gasteiger partial charge in [0, 0.05) is 0 Å². The summed E-state index contributed by atoms with van der Waals surface area (Å²) in [7, 11) is -11.4. The zero-order valence-electron chi connectivity index (χ0n) is 11.5. The van der Waals surface area contributed by atoms with Crippen molar-refractivity contribution in [3.63, 3.8) is 0 Å². The first-order valence-electron chi connectivity index (χ1n) is 5.93. The van der Waals surface area contributed by atoms with Crippen molar-refractivity contribution in [3.8, 4) is 0 Å². The summed E-state index contributed by atoms with van der Waals surface area (Å²) in [5, 5.41) is 0. The van der Waals surface area contributed by atoms with Crippen molar-refractivity contribution in [1.29, 1.82) is 0 Å². The highest BCUT2D eigenvalue weighted by molar-refractivity contribution is 8.36. The molecule has 0 N–H and O–H groups in total. The van der Waals surface area contributed by atoms with Gasteiger partial charge < -0.3 is 0 Å². The highest BCUT2D eigenvalue weighted by Gasteiger charge is 2.78. The summed E-state index contributed by atoms with van der Waals surface area (Å²) in [6, 6.07) is 0. The summed E-state index contributed by atoms with van der Waals surface area (Å²) < 4.78 is 0. The highest BCUT2D eigenvalue weighted by atomic mass is 35.9. The molecule has 0 saturated carbocycles.